The molecule has 0 atom stereocenters. The lowest BCUT2D eigenvalue weighted by Gasteiger charge is -2.14. The molecule has 0 aliphatic carbocycles. The molecule has 0 aliphatic heterocycles. The van der Waals surface area contributed by atoms with Crippen molar-refractivity contribution in [3.8, 4) is 56.3 Å². The van der Waals surface area contributed by atoms with E-state index >= 15 is 0 Å². The maximum Gasteiger partial charge on any atom is 0.160 e. The standard InChI is InChI=1S/C51H31N3S/c1-3-13-33(14-4-1)44-31-45(34-15-5-2-6-16-34)54-51(53-44)35-25-23-32(24-26-35)36-27-28-41-46(30-36)52-49(48-42-21-11-12-22-47(42)55-50(41)48)43-29-37-17-7-8-18-38(37)39-19-9-10-20-40(39)43/h1-31H. The van der Waals surface area contributed by atoms with Gasteiger partial charge in [-0.15, -0.1) is 11.3 Å². The summed E-state index contributed by atoms with van der Waals surface area (Å²) in [7, 11) is 0. The highest BCUT2D eigenvalue weighted by Crippen LogP contribution is 2.45. The van der Waals surface area contributed by atoms with Crippen LogP contribution in [0, 0.1) is 0 Å². The molecular formula is C51H31N3S. The van der Waals surface area contributed by atoms with Crippen molar-refractivity contribution in [1.29, 1.82) is 0 Å². The van der Waals surface area contributed by atoms with E-state index in [1.54, 1.807) is 0 Å². The first-order valence-electron chi connectivity index (χ1n) is 18.5. The minimum Gasteiger partial charge on any atom is -0.247 e. The number of thiophene rings is 1. The summed E-state index contributed by atoms with van der Waals surface area (Å²) in [5, 5.41) is 8.57. The predicted octanol–water partition coefficient (Wildman–Crippen LogP) is 14.0. The molecule has 11 aromatic rings. The summed E-state index contributed by atoms with van der Waals surface area (Å²) in [4.78, 5) is 15.7. The number of benzene rings is 8. The Labute approximate surface area is 321 Å². The van der Waals surface area contributed by atoms with Crippen LogP contribution >= 0.6 is 11.3 Å². The lowest BCUT2D eigenvalue weighted by Crippen LogP contribution is -1.96. The van der Waals surface area contributed by atoms with Gasteiger partial charge in [-0.05, 0) is 56.9 Å². The minimum atomic E-state index is 0.700. The predicted molar refractivity (Wildman–Crippen MR) is 232 cm³/mol. The summed E-state index contributed by atoms with van der Waals surface area (Å²) >= 11 is 1.86. The van der Waals surface area contributed by atoms with Crippen LogP contribution in [0.3, 0.4) is 0 Å². The van der Waals surface area contributed by atoms with Crippen molar-refractivity contribution in [2.24, 2.45) is 0 Å². The first-order chi connectivity index (χ1) is 27.2. The number of hydrogen-bond donors (Lipinski definition) is 0. The van der Waals surface area contributed by atoms with Gasteiger partial charge in [0, 0.05) is 47.8 Å². The Balaban J connectivity index is 1.06. The fourth-order valence-electron chi connectivity index (χ4n) is 7.99. The fraction of sp³-hybridized carbons (Fsp3) is 0. The minimum absolute atomic E-state index is 0.700. The zero-order chi connectivity index (χ0) is 36.3. The van der Waals surface area contributed by atoms with Crippen molar-refractivity contribution < 1.29 is 0 Å². The van der Waals surface area contributed by atoms with Gasteiger partial charge in [0.25, 0.3) is 0 Å². The van der Waals surface area contributed by atoms with E-state index in [1.165, 1.54) is 47.1 Å². The second-order valence-corrected chi connectivity index (χ2v) is 15.0. The van der Waals surface area contributed by atoms with E-state index in [0.717, 1.165) is 56.0 Å². The van der Waals surface area contributed by atoms with Crippen LogP contribution in [0.5, 0.6) is 0 Å². The Bertz CT molecular complexity index is 3180. The molecule has 11 rings (SSSR count). The smallest absolute Gasteiger partial charge is 0.160 e. The molecule has 0 amide bonds. The second kappa shape index (κ2) is 12.8. The molecule has 55 heavy (non-hydrogen) atoms. The number of pyridine rings is 1. The van der Waals surface area contributed by atoms with Gasteiger partial charge in [-0.1, -0.05) is 164 Å². The molecule has 0 saturated carbocycles. The van der Waals surface area contributed by atoms with Crippen molar-refractivity contribution in [3.63, 3.8) is 0 Å². The average molecular weight is 718 g/mol. The number of hydrogen-bond acceptors (Lipinski definition) is 4. The van der Waals surface area contributed by atoms with E-state index < -0.39 is 0 Å². The molecule has 0 saturated heterocycles. The Morgan fingerprint density at radius 3 is 1.67 bits per heavy atom. The van der Waals surface area contributed by atoms with Crippen LogP contribution in [0.4, 0.5) is 0 Å². The third-order valence-electron chi connectivity index (χ3n) is 10.7. The van der Waals surface area contributed by atoms with Gasteiger partial charge in [-0.25, -0.2) is 15.0 Å². The van der Waals surface area contributed by atoms with Crippen molar-refractivity contribution in [3.05, 3.63) is 188 Å². The summed E-state index contributed by atoms with van der Waals surface area (Å²) in [6.07, 6.45) is 0. The maximum atomic E-state index is 5.57. The van der Waals surface area contributed by atoms with Crippen LogP contribution in [0.25, 0.3) is 109 Å². The first-order valence-corrected chi connectivity index (χ1v) is 19.3. The normalized spacial score (nSPS) is 11.6. The molecule has 3 heterocycles. The van der Waals surface area contributed by atoms with E-state index in [1.807, 2.05) is 47.7 Å². The van der Waals surface area contributed by atoms with E-state index in [-0.39, 0.29) is 0 Å². The van der Waals surface area contributed by atoms with Crippen LogP contribution in [-0.2, 0) is 0 Å². The monoisotopic (exact) mass is 717 g/mol. The first kappa shape index (κ1) is 31.5. The Morgan fingerprint density at radius 2 is 0.945 bits per heavy atom. The lowest BCUT2D eigenvalue weighted by atomic mass is 9.93. The average Bonchev–Trinajstić information content (AvgIpc) is 3.66. The third-order valence-corrected chi connectivity index (χ3v) is 11.9. The number of rotatable bonds is 5. The summed E-state index contributed by atoms with van der Waals surface area (Å²) < 4.78 is 2.54. The highest BCUT2D eigenvalue weighted by molar-refractivity contribution is 7.26. The van der Waals surface area contributed by atoms with Gasteiger partial charge in [0.2, 0.25) is 0 Å². The van der Waals surface area contributed by atoms with E-state index in [9.17, 15) is 0 Å². The van der Waals surface area contributed by atoms with Gasteiger partial charge in [0.15, 0.2) is 5.82 Å². The fourth-order valence-corrected chi connectivity index (χ4v) is 9.23. The molecular weight excluding hydrogens is 687 g/mol. The van der Waals surface area contributed by atoms with Gasteiger partial charge in [-0.2, -0.15) is 0 Å². The SMILES string of the molecule is c1ccc(-c2cc(-c3ccccc3)nc(-c3ccc(-c4ccc5c(c4)nc(-c4cc6ccccc6c6ccccc46)c4c6ccccc6sc54)cc3)n2)cc1. The Morgan fingerprint density at radius 1 is 0.364 bits per heavy atom. The van der Waals surface area contributed by atoms with Crippen LogP contribution in [0.1, 0.15) is 0 Å². The molecule has 0 spiro atoms. The van der Waals surface area contributed by atoms with Gasteiger partial charge in [0.1, 0.15) is 0 Å². The van der Waals surface area contributed by atoms with E-state index in [2.05, 4.69) is 152 Å². The summed E-state index contributed by atoms with van der Waals surface area (Å²) in [5.41, 5.74) is 10.3. The van der Waals surface area contributed by atoms with Gasteiger partial charge in [-0.3, -0.25) is 0 Å². The van der Waals surface area contributed by atoms with Crippen molar-refractivity contribution in [2.75, 3.05) is 0 Å². The van der Waals surface area contributed by atoms with Crippen molar-refractivity contribution >= 4 is 64.0 Å². The molecule has 3 aromatic heterocycles. The van der Waals surface area contributed by atoms with Crippen LogP contribution in [0.2, 0.25) is 0 Å². The van der Waals surface area contributed by atoms with E-state index in [4.69, 9.17) is 15.0 Å². The van der Waals surface area contributed by atoms with Crippen LogP contribution in [-0.4, -0.2) is 15.0 Å². The topological polar surface area (TPSA) is 38.7 Å². The number of aromatic nitrogens is 3. The molecule has 0 unspecified atom stereocenters. The molecule has 0 radical (unpaired) electrons. The third kappa shape index (κ3) is 5.38. The summed E-state index contributed by atoms with van der Waals surface area (Å²) in [5.74, 6) is 0.700. The summed E-state index contributed by atoms with van der Waals surface area (Å²) in [6, 6.07) is 66.5. The molecule has 3 nitrogen and oxygen atoms in total. The van der Waals surface area contributed by atoms with E-state index in [0.29, 0.717) is 5.82 Å². The van der Waals surface area contributed by atoms with Crippen LogP contribution in [0.15, 0.2) is 188 Å². The molecule has 8 aromatic carbocycles. The maximum absolute atomic E-state index is 5.57. The molecule has 0 N–H and O–H groups in total. The lowest BCUT2D eigenvalue weighted by molar-refractivity contribution is 1.18. The van der Waals surface area contributed by atoms with Crippen molar-refractivity contribution in [2.45, 2.75) is 0 Å². The molecule has 0 aliphatic rings. The highest BCUT2D eigenvalue weighted by Gasteiger charge is 2.19. The zero-order valence-electron chi connectivity index (χ0n) is 29.6. The van der Waals surface area contributed by atoms with Gasteiger partial charge < -0.3 is 0 Å². The molecule has 4 heteroatoms. The van der Waals surface area contributed by atoms with Gasteiger partial charge >= 0.3 is 0 Å². The largest absolute Gasteiger partial charge is 0.247 e. The number of fused-ring (bicyclic) bond motifs is 8. The highest BCUT2D eigenvalue weighted by atomic mass is 32.1. The van der Waals surface area contributed by atoms with Gasteiger partial charge in [0.05, 0.1) is 22.6 Å². The Hall–Kier alpha value is -7.01. The van der Waals surface area contributed by atoms with Crippen LogP contribution < -0.4 is 0 Å². The summed E-state index contributed by atoms with van der Waals surface area (Å²) in [6.45, 7) is 0. The molecule has 0 bridgehead atoms. The number of nitrogens with zero attached hydrogens (tertiary/aromatic N) is 3. The zero-order valence-corrected chi connectivity index (χ0v) is 30.5. The van der Waals surface area contributed by atoms with Crippen molar-refractivity contribution in [1.82, 2.24) is 15.0 Å². The quantitative estimate of drug-likeness (QED) is 0.166. The molecule has 256 valence electrons. The second-order valence-electron chi connectivity index (χ2n) is 14.0. The molecule has 0 fully saturated rings. The Kier molecular flexibility index (Phi) is 7.35.